The minimum absolute atomic E-state index is 0.0320. The second-order valence-electron chi connectivity index (χ2n) is 10.3. The second-order valence-corrected chi connectivity index (χ2v) is 10.3. The number of nitrogens with two attached hydrogens (primary N) is 1. The molecule has 0 unspecified atom stereocenters. The SMILES string of the molecule is Cc1cccc(C)c1C1CCN(Cc2c(C(=O)N3CCC(C(N)=O)CC3)[nH]c3ccccc23)CC1. The molecule has 0 bridgehead atoms. The molecule has 2 aliphatic heterocycles. The molecule has 35 heavy (non-hydrogen) atoms. The Bertz CT molecular complexity index is 1210. The number of amides is 2. The van der Waals surface area contributed by atoms with Gasteiger partial charge in [0.2, 0.25) is 5.91 Å². The highest BCUT2D eigenvalue weighted by atomic mass is 16.2. The molecule has 2 saturated heterocycles. The maximum Gasteiger partial charge on any atom is 0.270 e. The fraction of sp³-hybridized carbons (Fsp3) is 0.448. The van der Waals surface area contributed by atoms with Gasteiger partial charge in [-0.1, -0.05) is 36.4 Å². The van der Waals surface area contributed by atoms with Crippen LogP contribution in [0.2, 0.25) is 0 Å². The Labute approximate surface area is 207 Å². The molecular formula is C29H36N4O2. The van der Waals surface area contributed by atoms with Crippen LogP contribution in [0.25, 0.3) is 10.9 Å². The summed E-state index contributed by atoms with van der Waals surface area (Å²) in [5.41, 5.74) is 12.6. The van der Waals surface area contributed by atoms with E-state index < -0.39 is 0 Å². The lowest BCUT2D eigenvalue weighted by Crippen LogP contribution is -2.42. The van der Waals surface area contributed by atoms with Crippen LogP contribution in [0.15, 0.2) is 42.5 Å². The zero-order valence-corrected chi connectivity index (χ0v) is 20.8. The molecule has 5 rings (SSSR count). The van der Waals surface area contributed by atoms with Gasteiger partial charge in [-0.25, -0.2) is 0 Å². The van der Waals surface area contributed by atoms with Crippen molar-refractivity contribution in [3.63, 3.8) is 0 Å². The smallest absolute Gasteiger partial charge is 0.270 e. The fourth-order valence-corrected chi connectivity index (χ4v) is 6.15. The van der Waals surface area contributed by atoms with Gasteiger partial charge >= 0.3 is 0 Å². The van der Waals surface area contributed by atoms with Crippen molar-refractivity contribution in [2.75, 3.05) is 26.2 Å². The van der Waals surface area contributed by atoms with Gasteiger partial charge in [0.05, 0.1) is 0 Å². The zero-order valence-electron chi connectivity index (χ0n) is 20.8. The summed E-state index contributed by atoms with van der Waals surface area (Å²) in [7, 11) is 0. The average Bonchev–Trinajstić information content (AvgIpc) is 3.23. The number of para-hydroxylation sites is 1. The van der Waals surface area contributed by atoms with E-state index in [9.17, 15) is 9.59 Å². The number of rotatable bonds is 5. The standard InChI is InChI=1S/C29H36N4O2/c1-19-6-5-7-20(2)26(19)21-10-14-32(15-11-21)18-24-23-8-3-4-9-25(23)31-27(24)29(35)33-16-12-22(13-17-33)28(30)34/h3-9,21-22,31H,10-18H2,1-2H3,(H2,30,34). The number of carbonyl (C=O) groups is 2. The number of fused-ring (bicyclic) bond motifs is 1. The zero-order chi connectivity index (χ0) is 24.5. The Morgan fingerprint density at radius 2 is 1.57 bits per heavy atom. The van der Waals surface area contributed by atoms with E-state index in [4.69, 9.17) is 5.73 Å². The van der Waals surface area contributed by atoms with Crippen LogP contribution in [0.5, 0.6) is 0 Å². The average molecular weight is 473 g/mol. The molecule has 2 fully saturated rings. The highest BCUT2D eigenvalue weighted by molar-refractivity contribution is 6.01. The maximum atomic E-state index is 13.6. The van der Waals surface area contributed by atoms with E-state index in [1.54, 1.807) is 0 Å². The number of nitrogens with zero attached hydrogens (tertiary/aromatic N) is 2. The molecule has 3 aromatic rings. The molecule has 2 aromatic carbocycles. The molecule has 3 N–H and O–H groups in total. The van der Waals surface area contributed by atoms with Crippen LogP contribution in [-0.2, 0) is 11.3 Å². The van der Waals surface area contributed by atoms with Crippen LogP contribution in [0.1, 0.15) is 64.3 Å². The summed E-state index contributed by atoms with van der Waals surface area (Å²) in [5.74, 6) is 0.250. The third-order valence-electron chi connectivity index (χ3n) is 8.13. The van der Waals surface area contributed by atoms with E-state index in [1.807, 2.05) is 23.1 Å². The number of aromatic nitrogens is 1. The second kappa shape index (κ2) is 9.86. The van der Waals surface area contributed by atoms with Crippen molar-refractivity contribution in [2.45, 2.75) is 52.0 Å². The predicted octanol–water partition coefficient (Wildman–Crippen LogP) is 4.50. The number of primary amides is 1. The fourth-order valence-electron chi connectivity index (χ4n) is 6.15. The van der Waals surface area contributed by atoms with E-state index in [1.165, 1.54) is 16.7 Å². The molecule has 2 amide bonds. The topological polar surface area (TPSA) is 82.4 Å². The third-order valence-corrected chi connectivity index (χ3v) is 8.13. The van der Waals surface area contributed by atoms with Crippen LogP contribution >= 0.6 is 0 Å². The molecule has 0 atom stereocenters. The molecule has 6 heteroatoms. The first kappa shape index (κ1) is 23.6. The number of carbonyl (C=O) groups excluding carboxylic acids is 2. The monoisotopic (exact) mass is 472 g/mol. The van der Waals surface area contributed by atoms with Gasteiger partial charge in [0.15, 0.2) is 0 Å². The van der Waals surface area contributed by atoms with Crippen molar-refractivity contribution in [3.8, 4) is 0 Å². The van der Waals surface area contributed by atoms with Crippen LogP contribution < -0.4 is 5.73 Å². The number of aromatic amines is 1. The van der Waals surface area contributed by atoms with E-state index in [0.717, 1.165) is 48.9 Å². The number of aryl methyl sites for hydroxylation is 2. The van der Waals surface area contributed by atoms with Gasteiger partial charge in [0.25, 0.3) is 5.91 Å². The Hall–Kier alpha value is -3.12. The van der Waals surface area contributed by atoms with Gasteiger partial charge in [-0.3, -0.25) is 14.5 Å². The molecule has 0 aliphatic carbocycles. The van der Waals surface area contributed by atoms with Gasteiger partial charge < -0.3 is 15.6 Å². The van der Waals surface area contributed by atoms with Crippen LogP contribution in [0, 0.1) is 19.8 Å². The molecule has 3 heterocycles. The van der Waals surface area contributed by atoms with Gasteiger partial charge in [0.1, 0.15) is 5.69 Å². The summed E-state index contributed by atoms with van der Waals surface area (Å²) in [5, 5.41) is 1.12. The summed E-state index contributed by atoms with van der Waals surface area (Å²) in [6.45, 7) is 8.41. The first-order valence-corrected chi connectivity index (χ1v) is 12.9. The lowest BCUT2D eigenvalue weighted by molar-refractivity contribution is -0.123. The van der Waals surface area contributed by atoms with Gasteiger partial charge in [-0.05, 0) is 81.3 Å². The van der Waals surface area contributed by atoms with Crippen LogP contribution in [-0.4, -0.2) is 52.8 Å². The van der Waals surface area contributed by atoms with E-state index in [-0.39, 0.29) is 17.7 Å². The van der Waals surface area contributed by atoms with Crippen molar-refractivity contribution in [1.29, 1.82) is 0 Å². The maximum absolute atomic E-state index is 13.6. The Kier molecular flexibility index (Phi) is 6.65. The highest BCUT2D eigenvalue weighted by Crippen LogP contribution is 2.34. The van der Waals surface area contributed by atoms with Crippen molar-refractivity contribution in [1.82, 2.24) is 14.8 Å². The number of benzene rings is 2. The Morgan fingerprint density at radius 3 is 2.23 bits per heavy atom. The summed E-state index contributed by atoms with van der Waals surface area (Å²) >= 11 is 0. The largest absolute Gasteiger partial charge is 0.369 e. The molecule has 0 saturated carbocycles. The van der Waals surface area contributed by atoms with Crippen molar-refractivity contribution >= 4 is 22.7 Å². The lowest BCUT2D eigenvalue weighted by atomic mass is 9.84. The lowest BCUT2D eigenvalue weighted by Gasteiger charge is -2.34. The van der Waals surface area contributed by atoms with Crippen molar-refractivity contribution in [2.24, 2.45) is 11.7 Å². The van der Waals surface area contributed by atoms with Crippen molar-refractivity contribution in [3.05, 3.63) is 70.4 Å². The number of piperidine rings is 2. The van der Waals surface area contributed by atoms with Crippen LogP contribution in [0.3, 0.4) is 0 Å². The minimum Gasteiger partial charge on any atom is -0.369 e. The first-order chi connectivity index (χ1) is 16.9. The van der Waals surface area contributed by atoms with E-state index in [0.29, 0.717) is 37.5 Å². The first-order valence-electron chi connectivity index (χ1n) is 12.9. The summed E-state index contributed by atoms with van der Waals surface area (Å²) < 4.78 is 0. The van der Waals surface area contributed by atoms with Crippen LogP contribution in [0.4, 0.5) is 0 Å². The number of H-pyrrole nitrogens is 1. The summed E-state index contributed by atoms with van der Waals surface area (Å²) in [4.78, 5) is 32.9. The molecule has 0 radical (unpaired) electrons. The van der Waals surface area contributed by atoms with Crippen molar-refractivity contribution < 1.29 is 9.59 Å². The minimum atomic E-state index is -0.257. The number of hydrogen-bond acceptors (Lipinski definition) is 3. The quantitative estimate of drug-likeness (QED) is 0.574. The number of nitrogens with one attached hydrogen (secondary N) is 1. The molecule has 2 aliphatic rings. The Morgan fingerprint density at radius 1 is 0.914 bits per heavy atom. The Balaban J connectivity index is 1.33. The van der Waals surface area contributed by atoms with Gasteiger partial charge in [0, 0.05) is 42.0 Å². The molecule has 184 valence electrons. The molecule has 0 spiro atoms. The number of hydrogen-bond donors (Lipinski definition) is 2. The summed E-state index contributed by atoms with van der Waals surface area (Å²) in [6.07, 6.45) is 3.56. The van der Waals surface area contributed by atoms with E-state index >= 15 is 0 Å². The normalized spacial score (nSPS) is 18.3. The molecule has 6 nitrogen and oxygen atoms in total. The van der Waals surface area contributed by atoms with Gasteiger partial charge in [-0.15, -0.1) is 0 Å². The van der Waals surface area contributed by atoms with E-state index in [2.05, 4.69) is 48.0 Å². The number of likely N-dealkylation sites (tertiary alicyclic amines) is 2. The molecule has 1 aromatic heterocycles. The molecular weight excluding hydrogens is 436 g/mol. The third kappa shape index (κ3) is 4.72. The van der Waals surface area contributed by atoms with Gasteiger partial charge in [-0.2, -0.15) is 0 Å². The highest BCUT2D eigenvalue weighted by Gasteiger charge is 2.30. The predicted molar refractivity (Wildman–Crippen MR) is 139 cm³/mol. The summed E-state index contributed by atoms with van der Waals surface area (Å²) in [6, 6.07) is 14.8.